The standard InChI is InChI=1S/C23H27ClN2O/c1-27-21-9-3-17(4-10-21)14-25-15-19-13-22(18-5-7-20(24)8-6-18)26-12-2-11-23(19,26)16-25/h3-10,19,22H,2,11-16H2,1H3/t19-,22-,23-/m0/s1. The van der Waals surface area contributed by atoms with Gasteiger partial charge in [-0.1, -0.05) is 35.9 Å². The molecule has 2 aromatic carbocycles. The summed E-state index contributed by atoms with van der Waals surface area (Å²) >= 11 is 6.11. The van der Waals surface area contributed by atoms with Crippen molar-refractivity contribution in [2.24, 2.45) is 5.92 Å². The van der Waals surface area contributed by atoms with Crippen LogP contribution in [0.1, 0.15) is 36.4 Å². The van der Waals surface area contributed by atoms with Crippen LogP contribution in [0.3, 0.4) is 0 Å². The van der Waals surface area contributed by atoms with Gasteiger partial charge in [-0.2, -0.15) is 0 Å². The lowest BCUT2D eigenvalue weighted by Crippen LogP contribution is -2.45. The van der Waals surface area contributed by atoms with Gasteiger partial charge in [0.2, 0.25) is 0 Å². The van der Waals surface area contributed by atoms with Gasteiger partial charge in [0.25, 0.3) is 0 Å². The third kappa shape index (κ3) is 2.97. The number of ether oxygens (including phenoxy) is 1. The third-order valence-corrected chi connectivity index (χ3v) is 7.27. The van der Waals surface area contributed by atoms with Gasteiger partial charge in [-0.25, -0.2) is 0 Å². The van der Waals surface area contributed by atoms with Gasteiger partial charge in [-0.15, -0.1) is 0 Å². The molecule has 0 amide bonds. The Morgan fingerprint density at radius 3 is 2.63 bits per heavy atom. The molecule has 0 saturated carbocycles. The van der Waals surface area contributed by atoms with Crippen molar-refractivity contribution in [2.45, 2.75) is 37.4 Å². The van der Waals surface area contributed by atoms with E-state index in [1.165, 1.54) is 50.0 Å². The van der Waals surface area contributed by atoms with E-state index >= 15 is 0 Å². The molecule has 4 heteroatoms. The lowest BCUT2D eigenvalue weighted by Gasteiger charge is -2.35. The SMILES string of the molecule is COc1ccc(CN2C[C@@H]3C[C@@H](c4ccc(Cl)cc4)N4CCC[C@]34C2)cc1. The van der Waals surface area contributed by atoms with Crippen LogP contribution < -0.4 is 4.74 Å². The number of hydrogen-bond acceptors (Lipinski definition) is 3. The first-order valence-corrected chi connectivity index (χ1v) is 10.4. The van der Waals surface area contributed by atoms with Gasteiger partial charge >= 0.3 is 0 Å². The monoisotopic (exact) mass is 382 g/mol. The van der Waals surface area contributed by atoms with Crippen LogP contribution in [0.15, 0.2) is 48.5 Å². The minimum atomic E-state index is 0.386. The minimum Gasteiger partial charge on any atom is -0.497 e. The molecule has 3 aliphatic rings. The van der Waals surface area contributed by atoms with E-state index in [1.54, 1.807) is 7.11 Å². The molecule has 0 radical (unpaired) electrons. The zero-order valence-corrected chi connectivity index (χ0v) is 16.7. The molecule has 142 valence electrons. The number of likely N-dealkylation sites (tertiary alicyclic amines) is 1. The molecule has 3 fully saturated rings. The molecule has 3 atom stereocenters. The fourth-order valence-electron chi connectivity index (χ4n) is 5.86. The maximum Gasteiger partial charge on any atom is 0.118 e. The Morgan fingerprint density at radius 2 is 1.89 bits per heavy atom. The van der Waals surface area contributed by atoms with E-state index in [9.17, 15) is 0 Å². The smallest absolute Gasteiger partial charge is 0.118 e. The summed E-state index contributed by atoms with van der Waals surface area (Å²) in [6.45, 7) is 4.70. The van der Waals surface area contributed by atoms with Crippen LogP contribution in [0.25, 0.3) is 0 Å². The van der Waals surface area contributed by atoms with E-state index in [4.69, 9.17) is 16.3 Å². The summed E-state index contributed by atoms with van der Waals surface area (Å²) in [6.07, 6.45) is 3.96. The normalized spacial score (nSPS) is 30.4. The molecule has 5 rings (SSSR count). The number of benzene rings is 2. The molecule has 3 heterocycles. The molecule has 27 heavy (non-hydrogen) atoms. The van der Waals surface area contributed by atoms with Gasteiger partial charge in [0.1, 0.15) is 5.75 Å². The lowest BCUT2D eigenvalue weighted by molar-refractivity contribution is 0.131. The van der Waals surface area contributed by atoms with E-state index in [-0.39, 0.29) is 0 Å². The molecule has 3 aliphatic heterocycles. The van der Waals surface area contributed by atoms with Crippen LogP contribution in [0.5, 0.6) is 5.75 Å². The summed E-state index contributed by atoms with van der Waals surface area (Å²) < 4.78 is 5.29. The first kappa shape index (κ1) is 17.5. The highest BCUT2D eigenvalue weighted by Crippen LogP contribution is 2.55. The highest BCUT2D eigenvalue weighted by atomic mass is 35.5. The van der Waals surface area contributed by atoms with Crippen LogP contribution in [-0.4, -0.2) is 42.1 Å². The molecule has 0 N–H and O–H groups in total. The Balaban J connectivity index is 1.33. The van der Waals surface area contributed by atoms with Crippen LogP contribution in [0.4, 0.5) is 0 Å². The fourth-order valence-corrected chi connectivity index (χ4v) is 5.99. The van der Waals surface area contributed by atoms with Crippen LogP contribution in [-0.2, 0) is 6.54 Å². The molecule has 0 aliphatic carbocycles. The average molecular weight is 383 g/mol. The van der Waals surface area contributed by atoms with Gasteiger partial charge in [-0.3, -0.25) is 9.80 Å². The third-order valence-electron chi connectivity index (χ3n) is 7.02. The predicted octanol–water partition coefficient (Wildman–Crippen LogP) is 4.76. The first-order chi connectivity index (χ1) is 13.2. The number of rotatable bonds is 4. The zero-order valence-electron chi connectivity index (χ0n) is 15.9. The van der Waals surface area contributed by atoms with E-state index < -0.39 is 0 Å². The Bertz CT molecular complexity index is 806. The van der Waals surface area contributed by atoms with Gasteiger partial charge in [0.05, 0.1) is 7.11 Å². The second-order valence-corrected chi connectivity index (χ2v) is 8.85. The van der Waals surface area contributed by atoms with Crippen molar-refractivity contribution in [2.75, 3.05) is 26.7 Å². The van der Waals surface area contributed by atoms with Crippen LogP contribution in [0.2, 0.25) is 5.02 Å². The summed E-state index contributed by atoms with van der Waals surface area (Å²) in [5, 5.41) is 0.832. The summed E-state index contributed by atoms with van der Waals surface area (Å²) in [6, 6.07) is 17.7. The Morgan fingerprint density at radius 1 is 1.11 bits per heavy atom. The van der Waals surface area contributed by atoms with E-state index in [0.717, 1.165) is 23.2 Å². The van der Waals surface area contributed by atoms with Gasteiger partial charge in [0, 0.05) is 36.2 Å². The highest BCUT2D eigenvalue weighted by molar-refractivity contribution is 6.30. The minimum absolute atomic E-state index is 0.386. The highest BCUT2D eigenvalue weighted by Gasteiger charge is 2.59. The van der Waals surface area contributed by atoms with Crippen molar-refractivity contribution >= 4 is 11.6 Å². The van der Waals surface area contributed by atoms with Gasteiger partial charge in [0.15, 0.2) is 0 Å². The second kappa shape index (κ2) is 6.80. The summed E-state index contributed by atoms with van der Waals surface area (Å²) in [5.41, 5.74) is 3.21. The molecule has 1 spiro atoms. The fraction of sp³-hybridized carbons (Fsp3) is 0.478. The topological polar surface area (TPSA) is 15.7 Å². The Labute approximate surface area is 166 Å². The van der Waals surface area contributed by atoms with Crippen molar-refractivity contribution < 1.29 is 4.74 Å². The molecule has 3 nitrogen and oxygen atoms in total. The second-order valence-electron chi connectivity index (χ2n) is 8.42. The van der Waals surface area contributed by atoms with Crippen molar-refractivity contribution in [3.05, 3.63) is 64.7 Å². The number of hydrogen-bond donors (Lipinski definition) is 0. The quantitative estimate of drug-likeness (QED) is 0.758. The van der Waals surface area contributed by atoms with Gasteiger partial charge < -0.3 is 4.74 Å². The van der Waals surface area contributed by atoms with Crippen LogP contribution in [0, 0.1) is 5.92 Å². The maximum atomic E-state index is 6.11. The molecular weight excluding hydrogens is 356 g/mol. The average Bonchev–Trinajstić information content (AvgIpc) is 3.31. The van der Waals surface area contributed by atoms with Crippen molar-refractivity contribution in [3.8, 4) is 5.75 Å². The van der Waals surface area contributed by atoms with Crippen molar-refractivity contribution in [1.29, 1.82) is 0 Å². The number of methoxy groups -OCH3 is 1. The molecule has 0 bridgehead atoms. The number of nitrogens with zero attached hydrogens (tertiary/aromatic N) is 2. The summed E-state index contributed by atoms with van der Waals surface area (Å²) in [5.74, 6) is 1.71. The Hall–Kier alpha value is -1.55. The first-order valence-electron chi connectivity index (χ1n) is 10.1. The van der Waals surface area contributed by atoms with Crippen LogP contribution >= 0.6 is 11.6 Å². The molecular formula is C23H27ClN2O. The van der Waals surface area contributed by atoms with Crippen molar-refractivity contribution in [3.63, 3.8) is 0 Å². The molecule has 0 unspecified atom stereocenters. The largest absolute Gasteiger partial charge is 0.497 e. The molecule has 2 aromatic rings. The van der Waals surface area contributed by atoms with Gasteiger partial charge in [-0.05, 0) is 67.1 Å². The maximum absolute atomic E-state index is 6.11. The van der Waals surface area contributed by atoms with E-state index in [2.05, 4.69) is 46.2 Å². The Kier molecular flexibility index (Phi) is 4.42. The zero-order chi connectivity index (χ0) is 18.4. The lowest BCUT2D eigenvalue weighted by atomic mass is 9.86. The summed E-state index contributed by atoms with van der Waals surface area (Å²) in [4.78, 5) is 5.50. The predicted molar refractivity (Wildman–Crippen MR) is 109 cm³/mol. The molecule has 3 saturated heterocycles. The van der Waals surface area contributed by atoms with E-state index in [1.807, 2.05) is 12.1 Å². The van der Waals surface area contributed by atoms with Crippen molar-refractivity contribution in [1.82, 2.24) is 9.80 Å². The summed E-state index contributed by atoms with van der Waals surface area (Å²) in [7, 11) is 1.72. The van der Waals surface area contributed by atoms with E-state index in [0.29, 0.717) is 11.6 Å². The number of halogens is 1. The molecule has 0 aromatic heterocycles.